The van der Waals surface area contributed by atoms with Gasteiger partial charge in [-0.05, 0) is 13.3 Å². The number of morpholine rings is 1. The van der Waals surface area contributed by atoms with Gasteiger partial charge < -0.3 is 19.7 Å². The molecular formula is C14H29IN4O2. The van der Waals surface area contributed by atoms with E-state index in [1.807, 2.05) is 0 Å². The van der Waals surface area contributed by atoms with Crippen LogP contribution in [0.1, 0.15) is 13.3 Å². The molecule has 0 aromatic heterocycles. The minimum absolute atomic E-state index is 0. The maximum Gasteiger partial charge on any atom is 0.194 e. The van der Waals surface area contributed by atoms with Crippen LogP contribution in [0.4, 0.5) is 0 Å². The number of nitrogens with one attached hydrogen (secondary N) is 1. The van der Waals surface area contributed by atoms with Crippen LogP contribution in [0.25, 0.3) is 0 Å². The number of hydrogen-bond donors (Lipinski definition) is 1. The molecule has 2 fully saturated rings. The lowest BCUT2D eigenvalue weighted by Gasteiger charge is -2.32. The second-order valence-corrected chi connectivity index (χ2v) is 5.27. The van der Waals surface area contributed by atoms with Gasteiger partial charge in [0, 0.05) is 45.9 Å². The third kappa shape index (κ3) is 5.88. The molecule has 2 heterocycles. The maximum atomic E-state index is 5.43. The lowest BCUT2D eigenvalue weighted by atomic mass is 10.2. The highest BCUT2D eigenvalue weighted by molar-refractivity contribution is 14.0. The molecule has 124 valence electrons. The first-order valence-electron chi connectivity index (χ1n) is 7.69. The minimum Gasteiger partial charge on any atom is -0.383 e. The second kappa shape index (κ2) is 10.6. The molecule has 7 heteroatoms. The normalized spacial score (nSPS) is 24.0. The fourth-order valence-electron chi connectivity index (χ4n) is 2.84. The summed E-state index contributed by atoms with van der Waals surface area (Å²) in [6.07, 6.45) is 1.22. The zero-order valence-corrected chi connectivity index (χ0v) is 15.5. The quantitative estimate of drug-likeness (QED) is 0.311. The van der Waals surface area contributed by atoms with Crippen LogP contribution >= 0.6 is 24.0 Å². The molecule has 0 saturated carbocycles. The van der Waals surface area contributed by atoms with E-state index in [-0.39, 0.29) is 24.0 Å². The number of rotatable bonds is 5. The summed E-state index contributed by atoms with van der Waals surface area (Å²) in [6.45, 7) is 10.4. The van der Waals surface area contributed by atoms with E-state index in [0.29, 0.717) is 12.6 Å². The van der Waals surface area contributed by atoms with Crippen LogP contribution in [0, 0.1) is 0 Å². The van der Waals surface area contributed by atoms with Crippen LogP contribution in [0.2, 0.25) is 0 Å². The molecule has 2 aliphatic rings. The molecule has 6 nitrogen and oxygen atoms in total. The zero-order valence-electron chi connectivity index (χ0n) is 13.2. The summed E-state index contributed by atoms with van der Waals surface area (Å²) in [7, 11) is 1.72. The predicted molar refractivity (Wildman–Crippen MR) is 95.6 cm³/mol. The summed E-state index contributed by atoms with van der Waals surface area (Å²) in [6, 6.07) is 0.644. The van der Waals surface area contributed by atoms with Crippen molar-refractivity contribution >= 4 is 29.9 Å². The molecule has 2 saturated heterocycles. The highest BCUT2D eigenvalue weighted by atomic mass is 127. The van der Waals surface area contributed by atoms with Gasteiger partial charge in [0.25, 0.3) is 0 Å². The summed E-state index contributed by atoms with van der Waals surface area (Å²) in [5, 5.41) is 3.38. The van der Waals surface area contributed by atoms with Crippen LogP contribution in [0.3, 0.4) is 0 Å². The van der Waals surface area contributed by atoms with Gasteiger partial charge in [0.1, 0.15) is 0 Å². The van der Waals surface area contributed by atoms with E-state index in [4.69, 9.17) is 9.47 Å². The smallest absolute Gasteiger partial charge is 0.194 e. The molecule has 2 rings (SSSR count). The maximum absolute atomic E-state index is 5.43. The molecular weight excluding hydrogens is 383 g/mol. The van der Waals surface area contributed by atoms with Gasteiger partial charge in [-0.3, -0.25) is 9.89 Å². The average Bonchev–Trinajstić information content (AvgIpc) is 2.97. The van der Waals surface area contributed by atoms with E-state index >= 15 is 0 Å². The fourth-order valence-corrected chi connectivity index (χ4v) is 2.84. The summed E-state index contributed by atoms with van der Waals surface area (Å²) in [5.74, 6) is 1.03. The van der Waals surface area contributed by atoms with Crippen molar-refractivity contribution in [3.05, 3.63) is 0 Å². The summed E-state index contributed by atoms with van der Waals surface area (Å²) in [4.78, 5) is 9.56. The van der Waals surface area contributed by atoms with Gasteiger partial charge >= 0.3 is 0 Å². The Morgan fingerprint density at radius 3 is 2.76 bits per heavy atom. The molecule has 1 N–H and O–H groups in total. The molecule has 0 aromatic carbocycles. The van der Waals surface area contributed by atoms with E-state index in [1.54, 1.807) is 7.11 Å². The number of aliphatic imine (C=N–C) groups is 1. The standard InChI is InChI=1S/C14H28N4O2.HI/c1-3-15-14(16-5-9-19-2)18-6-4-13(12-18)17-7-10-20-11-8-17;/h13H,3-12H2,1-2H3,(H,15,16);1H. The first kappa shape index (κ1) is 18.9. The van der Waals surface area contributed by atoms with Crippen molar-refractivity contribution in [1.29, 1.82) is 0 Å². The van der Waals surface area contributed by atoms with Crippen molar-refractivity contribution in [3.63, 3.8) is 0 Å². The van der Waals surface area contributed by atoms with Gasteiger partial charge in [-0.1, -0.05) is 0 Å². The van der Waals surface area contributed by atoms with E-state index in [9.17, 15) is 0 Å². The van der Waals surface area contributed by atoms with Crippen molar-refractivity contribution < 1.29 is 9.47 Å². The molecule has 0 aromatic rings. The molecule has 2 aliphatic heterocycles. The highest BCUT2D eigenvalue weighted by Gasteiger charge is 2.30. The van der Waals surface area contributed by atoms with Crippen molar-refractivity contribution in [2.45, 2.75) is 19.4 Å². The Morgan fingerprint density at radius 2 is 2.10 bits per heavy atom. The van der Waals surface area contributed by atoms with Crippen LogP contribution in [-0.4, -0.2) is 88.0 Å². The van der Waals surface area contributed by atoms with E-state index in [0.717, 1.165) is 58.4 Å². The molecule has 1 unspecified atom stereocenters. The first-order valence-corrected chi connectivity index (χ1v) is 7.69. The van der Waals surface area contributed by atoms with Gasteiger partial charge in [0.05, 0.1) is 26.4 Å². The number of nitrogens with zero attached hydrogens (tertiary/aromatic N) is 3. The second-order valence-electron chi connectivity index (χ2n) is 5.27. The van der Waals surface area contributed by atoms with Gasteiger partial charge in [0.15, 0.2) is 5.96 Å². The van der Waals surface area contributed by atoms with Gasteiger partial charge in [-0.15, -0.1) is 24.0 Å². The Labute approximate surface area is 145 Å². The number of methoxy groups -OCH3 is 1. The van der Waals surface area contributed by atoms with Gasteiger partial charge in [-0.25, -0.2) is 0 Å². The van der Waals surface area contributed by atoms with Crippen molar-refractivity contribution in [2.75, 3.05) is 66.2 Å². The van der Waals surface area contributed by atoms with Crippen molar-refractivity contribution in [1.82, 2.24) is 15.1 Å². The number of guanidine groups is 1. The number of likely N-dealkylation sites (tertiary alicyclic amines) is 1. The zero-order chi connectivity index (χ0) is 14.2. The summed E-state index contributed by atoms with van der Waals surface area (Å²) in [5.41, 5.74) is 0. The highest BCUT2D eigenvalue weighted by Crippen LogP contribution is 2.17. The topological polar surface area (TPSA) is 49.3 Å². The van der Waals surface area contributed by atoms with Crippen LogP contribution in [0.5, 0.6) is 0 Å². The lowest BCUT2D eigenvalue weighted by molar-refractivity contribution is 0.0195. The van der Waals surface area contributed by atoms with Gasteiger partial charge in [0.2, 0.25) is 0 Å². The fraction of sp³-hybridized carbons (Fsp3) is 0.929. The van der Waals surface area contributed by atoms with Crippen molar-refractivity contribution in [3.8, 4) is 0 Å². The Morgan fingerprint density at radius 1 is 1.33 bits per heavy atom. The third-order valence-electron chi connectivity index (χ3n) is 3.92. The van der Waals surface area contributed by atoms with Crippen molar-refractivity contribution in [2.24, 2.45) is 4.99 Å². The molecule has 21 heavy (non-hydrogen) atoms. The lowest BCUT2D eigenvalue weighted by Crippen LogP contribution is -2.46. The van der Waals surface area contributed by atoms with Crippen LogP contribution in [0.15, 0.2) is 4.99 Å². The Hall–Kier alpha value is -0.120. The minimum atomic E-state index is 0. The molecule has 0 radical (unpaired) electrons. The number of halogens is 1. The Balaban J connectivity index is 0.00000220. The summed E-state index contributed by atoms with van der Waals surface area (Å²) >= 11 is 0. The summed E-state index contributed by atoms with van der Waals surface area (Å²) < 4.78 is 10.5. The monoisotopic (exact) mass is 412 g/mol. The first-order chi connectivity index (χ1) is 9.85. The molecule has 0 aliphatic carbocycles. The number of hydrogen-bond acceptors (Lipinski definition) is 4. The van der Waals surface area contributed by atoms with Crippen LogP contribution < -0.4 is 5.32 Å². The Kier molecular flexibility index (Phi) is 9.54. The van der Waals surface area contributed by atoms with E-state index in [1.165, 1.54) is 6.42 Å². The largest absolute Gasteiger partial charge is 0.383 e. The van der Waals surface area contributed by atoms with E-state index < -0.39 is 0 Å². The third-order valence-corrected chi connectivity index (χ3v) is 3.92. The molecule has 0 bridgehead atoms. The molecule has 0 spiro atoms. The van der Waals surface area contributed by atoms with E-state index in [2.05, 4.69) is 27.0 Å². The number of ether oxygens (including phenoxy) is 2. The molecule has 0 amide bonds. The van der Waals surface area contributed by atoms with Gasteiger partial charge in [-0.2, -0.15) is 0 Å². The SMILES string of the molecule is CCNC(=NCCOC)N1CCC(N2CCOCC2)C1.I. The predicted octanol–water partition coefficient (Wildman–Crippen LogP) is 0.623. The molecule has 1 atom stereocenters. The van der Waals surface area contributed by atoms with Crippen LogP contribution in [-0.2, 0) is 9.47 Å². The average molecular weight is 412 g/mol. The Bertz CT molecular complexity index is 311.